The lowest BCUT2D eigenvalue weighted by atomic mass is 9.92. The highest BCUT2D eigenvalue weighted by Gasteiger charge is 2.17. The van der Waals surface area contributed by atoms with Crippen molar-refractivity contribution in [2.75, 3.05) is 0 Å². The van der Waals surface area contributed by atoms with Gasteiger partial charge in [0.05, 0.1) is 22.3 Å². The van der Waals surface area contributed by atoms with E-state index < -0.39 is 8.07 Å². The molecule has 6 aromatic rings. The summed E-state index contributed by atoms with van der Waals surface area (Å²) in [6.07, 6.45) is 1.84. The van der Waals surface area contributed by atoms with E-state index >= 15 is 0 Å². The van der Waals surface area contributed by atoms with Gasteiger partial charge in [0.1, 0.15) is 8.07 Å². The van der Waals surface area contributed by atoms with Gasteiger partial charge in [-0.3, -0.25) is 4.98 Å². The number of nitrogens with zero attached hydrogens (tertiary/aromatic N) is 2. The molecule has 0 bridgehead atoms. The minimum Gasteiger partial charge on any atom is -0.254 e. The molecule has 0 fully saturated rings. The van der Waals surface area contributed by atoms with Gasteiger partial charge in [0.15, 0.2) is 0 Å². The second-order valence-corrected chi connectivity index (χ2v) is 14.5. The molecule has 0 spiro atoms. The molecular weight excluding hydrogens is 428 g/mol. The van der Waals surface area contributed by atoms with Crippen molar-refractivity contribution in [1.29, 1.82) is 0 Å². The highest BCUT2D eigenvalue weighted by Crippen LogP contribution is 2.38. The summed E-state index contributed by atoms with van der Waals surface area (Å²) in [6, 6.07) is 29.9. The maximum absolute atomic E-state index is 5.32. The quantitative estimate of drug-likeness (QED) is 0.109. The highest BCUT2D eigenvalue weighted by molar-refractivity contribution is 6.83. The number of hydrogen-bond donors (Lipinski definition) is 0. The summed E-state index contributed by atoms with van der Waals surface area (Å²) in [6.45, 7) is 6.83. The monoisotopic (exact) mass is 452 g/mol. The van der Waals surface area contributed by atoms with Gasteiger partial charge in [0.25, 0.3) is 0 Å². The van der Waals surface area contributed by atoms with Crippen molar-refractivity contribution in [3.8, 4) is 22.7 Å². The van der Waals surface area contributed by atoms with Gasteiger partial charge in [-0.25, -0.2) is 4.98 Å². The molecule has 3 heteroatoms. The maximum Gasteiger partial charge on any atom is 0.129 e. The lowest BCUT2D eigenvalue weighted by Gasteiger charge is -2.15. The number of pyridine rings is 2. The molecule has 0 saturated carbocycles. The van der Waals surface area contributed by atoms with E-state index in [1.165, 1.54) is 21.5 Å². The van der Waals surface area contributed by atoms with Crippen LogP contribution in [0.4, 0.5) is 0 Å². The molecule has 0 radical (unpaired) electrons. The molecule has 162 valence electrons. The number of rotatable bonds is 1. The third-order valence-corrected chi connectivity index (χ3v) is 7.01. The van der Waals surface area contributed by atoms with Crippen molar-refractivity contribution in [3.05, 3.63) is 96.7 Å². The Kier molecular flexibility index (Phi) is 4.72. The first-order chi connectivity index (χ1) is 16.5. The van der Waals surface area contributed by atoms with Gasteiger partial charge in [0.2, 0.25) is 0 Å². The molecule has 0 amide bonds. The fraction of sp³-hybridized carbons (Fsp3) is 0.0968. The molecule has 2 heterocycles. The molecule has 0 unspecified atom stereocenters. The highest BCUT2D eigenvalue weighted by atomic mass is 28.3. The normalized spacial score (nSPS) is 11.7. The maximum atomic E-state index is 5.32. The van der Waals surface area contributed by atoms with Crippen molar-refractivity contribution in [3.63, 3.8) is 0 Å². The van der Waals surface area contributed by atoms with Crippen LogP contribution in [0.1, 0.15) is 5.56 Å². The van der Waals surface area contributed by atoms with Gasteiger partial charge in [-0.1, -0.05) is 92.3 Å². The molecule has 2 nitrogen and oxygen atoms in total. The molecule has 0 aliphatic heterocycles. The minimum atomic E-state index is -1.58. The number of benzene rings is 4. The summed E-state index contributed by atoms with van der Waals surface area (Å²) in [5.74, 6) is 3.55. The van der Waals surface area contributed by atoms with Crippen molar-refractivity contribution in [2.24, 2.45) is 0 Å². The molecule has 0 N–H and O–H groups in total. The van der Waals surface area contributed by atoms with Gasteiger partial charge in [-0.2, -0.15) is 0 Å². The van der Waals surface area contributed by atoms with E-state index in [4.69, 9.17) is 9.97 Å². The summed E-state index contributed by atoms with van der Waals surface area (Å²) in [5.41, 5.74) is 8.48. The zero-order valence-electron chi connectivity index (χ0n) is 19.6. The van der Waals surface area contributed by atoms with Crippen LogP contribution in [0.15, 0.2) is 91.1 Å². The predicted octanol–water partition coefficient (Wildman–Crippen LogP) is 7.99. The Morgan fingerprint density at radius 3 is 2.00 bits per heavy atom. The fourth-order valence-corrected chi connectivity index (χ4v) is 5.09. The van der Waals surface area contributed by atoms with Gasteiger partial charge in [-0.15, -0.1) is 5.54 Å². The second-order valence-electron chi connectivity index (χ2n) is 9.79. The Labute approximate surface area is 200 Å². The third-order valence-electron chi connectivity index (χ3n) is 6.14. The first-order valence-electron chi connectivity index (χ1n) is 11.6. The summed E-state index contributed by atoms with van der Waals surface area (Å²) >= 11 is 0. The molecule has 34 heavy (non-hydrogen) atoms. The fourth-order valence-electron chi connectivity index (χ4n) is 4.58. The number of aromatic nitrogens is 2. The van der Waals surface area contributed by atoms with Gasteiger partial charge < -0.3 is 0 Å². The zero-order valence-corrected chi connectivity index (χ0v) is 20.6. The van der Waals surface area contributed by atoms with E-state index in [1.807, 2.05) is 12.3 Å². The average molecular weight is 453 g/mol. The van der Waals surface area contributed by atoms with E-state index in [0.29, 0.717) is 0 Å². The molecule has 2 aromatic heterocycles. The Bertz CT molecular complexity index is 1750. The van der Waals surface area contributed by atoms with E-state index in [9.17, 15) is 0 Å². The molecule has 0 atom stereocenters. The van der Waals surface area contributed by atoms with Gasteiger partial charge in [-0.05, 0) is 39.7 Å². The average Bonchev–Trinajstić information content (AvgIpc) is 2.85. The minimum absolute atomic E-state index is 0.920. The second kappa shape index (κ2) is 7.80. The van der Waals surface area contributed by atoms with Crippen molar-refractivity contribution in [2.45, 2.75) is 19.6 Å². The lowest BCUT2D eigenvalue weighted by Crippen LogP contribution is -2.16. The lowest BCUT2D eigenvalue weighted by molar-refractivity contribution is 1.37. The van der Waals surface area contributed by atoms with E-state index in [2.05, 4.69) is 110 Å². The molecule has 4 aromatic carbocycles. The Balaban J connectivity index is 1.81. The summed E-state index contributed by atoms with van der Waals surface area (Å²) < 4.78 is 0. The SMILES string of the molecule is C[Si](C)(C)C#Cc1cc2ccc3cccnc3c2nc1-c1c2ccccc2cc2ccccc12. The Morgan fingerprint density at radius 2 is 1.29 bits per heavy atom. The smallest absolute Gasteiger partial charge is 0.129 e. The predicted molar refractivity (Wildman–Crippen MR) is 148 cm³/mol. The molecule has 0 saturated heterocycles. The topological polar surface area (TPSA) is 25.8 Å². The number of fused-ring (bicyclic) bond motifs is 5. The first kappa shape index (κ1) is 20.6. The van der Waals surface area contributed by atoms with Crippen LogP contribution in [-0.2, 0) is 0 Å². The first-order valence-corrected chi connectivity index (χ1v) is 15.1. The molecule has 6 rings (SSSR count). The molecule has 0 aliphatic rings. The largest absolute Gasteiger partial charge is 0.254 e. The van der Waals surface area contributed by atoms with Crippen LogP contribution in [0.2, 0.25) is 19.6 Å². The Hall–Kier alpha value is -4.00. The third kappa shape index (κ3) is 3.53. The van der Waals surface area contributed by atoms with Crippen molar-refractivity contribution < 1.29 is 0 Å². The van der Waals surface area contributed by atoms with E-state index in [-0.39, 0.29) is 0 Å². The Morgan fingerprint density at radius 1 is 0.647 bits per heavy atom. The zero-order chi connectivity index (χ0) is 23.3. The molecular formula is C31H24N2Si. The summed E-state index contributed by atoms with van der Waals surface area (Å²) in [5, 5.41) is 6.96. The van der Waals surface area contributed by atoms with Crippen LogP contribution in [0.25, 0.3) is 54.6 Å². The van der Waals surface area contributed by atoms with Gasteiger partial charge in [0, 0.05) is 22.5 Å². The number of hydrogen-bond acceptors (Lipinski definition) is 2. The van der Waals surface area contributed by atoms with Crippen LogP contribution >= 0.6 is 0 Å². The van der Waals surface area contributed by atoms with E-state index in [0.717, 1.165) is 38.6 Å². The van der Waals surface area contributed by atoms with Gasteiger partial charge >= 0.3 is 0 Å². The van der Waals surface area contributed by atoms with Crippen LogP contribution < -0.4 is 0 Å². The van der Waals surface area contributed by atoms with Crippen LogP contribution in [0, 0.1) is 11.5 Å². The van der Waals surface area contributed by atoms with Crippen LogP contribution in [0.5, 0.6) is 0 Å². The van der Waals surface area contributed by atoms with E-state index in [1.54, 1.807) is 0 Å². The summed E-state index contributed by atoms with van der Waals surface area (Å²) in [7, 11) is -1.58. The summed E-state index contributed by atoms with van der Waals surface area (Å²) in [4.78, 5) is 10.0. The van der Waals surface area contributed by atoms with Crippen LogP contribution in [-0.4, -0.2) is 18.0 Å². The molecule has 0 aliphatic carbocycles. The van der Waals surface area contributed by atoms with Crippen LogP contribution in [0.3, 0.4) is 0 Å². The standard InChI is InChI=1S/C31H24N2Si/c1-34(2,3)18-16-25-20-24-15-14-21-11-8-17-32-30(21)31(24)33-29(25)28-26-12-6-4-9-22(26)19-23-10-5-7-13-27(23)28/h4-15,17,19-20H,1-3H3. The van der Waals surface area contributed by atoms with Crippen molar-refractivity contribution >= 4 is 51.4 Å². The van der Waals surface area contributed by atoms with Crippen molar-refractivity contribution in [1.82, 2.24) is 9.97 Å².